The molecule has 98 valence electrons. The summed E-state index contributed by atoms with van der Waals surface area (Å²) in [6.07, 6.45) is 1.44. The van der Waals surface area contributed by atoms with Gasteiger partial charge in [-0.3, -0.25) is 4.79 Å². The predicted molar refractivity (Wildman–Crippen MR) is 63.1 cm³/mol. The minimum absolute atomic E-state index is 0.0872. The van der Waals surface area contributed by atoms with E-state index in [1.165, 1.54) is 22.9 Å². The van der Waals surface area contributed by atoms with Gasteiger partial charge in [0.1, 0.15) is 11.6 Å². The molecule has 19 heavy (non-hydrogen) atoms. The lowest BCUT2D eigenvalue weighted by atomic mass is 10.1. The highest BCUT2D eigenvalue weighted by Gasteiger charge is 2.15. The number of rotatable bonds is 3. The average Bonchev–Trinajstić information content (AvgIpc) is 2.35. The zero-order chi connectivity index (χ0) is 14.0. The van der Waals surface area contributed by atoms with Crippen LogP contribution in [0, 0.1) is 11.6 Å². The van der Waals surface area contributed by atoms with E-state index in [0.717, 1.165) is 6.07 Å². The lowest BCUT2D eigenvalue weighted by molar-refractivity contribution is 0.0691. The van der Waals surface area contributed by atoms with Crippen LogP contribution in [0.2, 0.25) is 0 Å². The molecule has 4 nitrogen and oxygen atoms in total. The lowest BCUT2D eigenvalue weighted by Crippen LogP contribution is -2.19. The molecule has 2 rings (SSSR count). The van der Waals surface area contributed by atoms with E-state index in [0.29, 0.717) is 6.07 Å². The van der Waals surface area contributed by atoms with Crippen LogP contribution in [0.15, 0.2) is 41.3 Å². The minimum atomic E-state index is -1.54. The zero-order valence-electron chi connectivity index (χ0n) is 9.64. The first-order valence-electron chi connectivity index (χ1n) is 5.35. The van der Waals surface area contributed by atoms with E-state index >= 15 is 0 Å². The van der Waals surface area contributed by atoms with Crippen LogP contribution in [-0.4, -0.2) is 15.6 Å². The number of nitrogens with zero attached hydrogens (tertiary/aromatic N) is 1. The van der Waals surface area contributed by atoms with Crippen LogP contribution < -0.4 is 5.56 Å². The molecule has 1 N–H and O–H groups in total. The zero-order valence-corrected chi connectivity index (χ0v) is 9.64. The van der Waals surface area contributed by atoms with E-state index < -0.39 is 23.2 Å². The monoisotopic (exact) mass is 265 g/mol. The molecular weight excluding hydrogens is 256 g/mol. The Hall–Kier alpha value is -2.50. The largest absolute Gasteiger partial charge is 0.478 e. The highest BCUT2D eigenvalue weighted by atomic mass is 19.1. The molecule has 0 saturated heterocycles. The Balaban J connectivity index is 2.42. The number of pyridine rings is 1. The van der Waals surface area contributed by atoms with Gasteiger partial charge < -0.3 is 9.67 Å². The topological polar surface area (TPSA) is 59.3 Å². The Morgan fingerprint density at radius 1 is 1.21 bits per heavy atom. The maximum Gasteiger partial charge on any atom is 0.338 e. The summed E-state index contributed by atoms with van der Waals surface area (Å²) in [4.78, 5) is 22.1. The number of hydrogen-bond acceptors (Lipinski definition) is 2. The van der Waals surface area contributed by atoms with Crippen LogP contribution in [-0.2, 0) is 6.54 Å². The van der Waals surface area contributed by atoms with Gasteiger partial charge in [0.05, 0.1) is 12.1 Å². The number of halogens is 2. The van der Waals surface area contributed by atoms with Gasteiger partial charge in [0.2, 0.25) is 0 Å². The number of aromatic carboxylic acids is 1. The predicted octanol–water partition coefficient (Wildman–Crippen LogP) is 1.87. The van der Waals surface area contributed by atoms with Crippen molar-refractivity contribution in [2.45, 2.75) is 6.54 Å². The molecule has 1 heterocycles. The van der Waals surface area contributed by atoms with Crippen molar-refractivity contribution in [1.82, 2.24) is 4.57 Å². The van der Waals surface area contributed by atoms with Crippen LogP contribution in [0.5, 0.6) is 0 Å². The van der Waals surface area contributed by atoms with Crippen LogP contribution in [0.1, 0.15) is 15.9 Å². The molecule has 0 amide bonds. The molecule has 0 spiro atoms. The van der Waals surface area contributed by atoms with Crippen molar-refractivity contribution in [3.8, 4) is 0 Å². The van der Waals surface area contributed by atoms with Gasteiger partial charge in [-0.15, -0.1) is 0 Å². The first-order chi connectivity index (χ1) is 8.99. The number of benzene rings is 1. The Labute approximate surface area is 106 Å². The molecule has 2 aromatic rings. The number of aromatic nitrogens is 1. The third-order valence-electron chi connectivity index (χ3n) is 2.61. The molecule has 0 saturated carbocycles. The van der Waals surface area contributed by atoms with Crippen molar-refractivity contribution in [1.29, 1.82) is 0 Å². The third-order valence-corrected chi connectivity index (χ3v) is 2.61. The summed E-state index contributed by atoms with van der Waals surface area (Å²) in [5, 5.41) is 8.65. The van der Waals surface area contributed by atoms with Crippen LogP contribution in [0.25, 0.3) is 0 Å². The SMILES string of the molecule is O=C(O)c1cc(F)c(Cn2ccccc2=O)cc1F. The molecule has 1 aromatic heterocycles. The van der Waals surface area contributed by atoms with Crippen molar-refractivity contribution in [2.24, 2.45) is 0 Å². The minimum Gasteiger partial charge on any atom is -0.478 e. The Morgan fingerprint density at radius 3 is 2.58 bits per heavy atom. The second-order valence-electron chi connectivity index (χ2n) is 3.90. The number of carbonyl (C=O) groups is 1. The Bertz CT molecular complexity index is 695. The van der Waals surface area contributed by atoms with E-state index in [9.17, 15) is 18.4 Å². The van der Waals surface area contributed by atoms with Crippen molar-refractivity contribution >= 4 is 5.97 Å². The molecule has 6 heteroatoms. The Morgan fingerprint density at radius 2 is 1.95 bits per heavy atom. The molecule has 0 aliphatic carbocycles. The lowest BCUT2D eigenvalue weighted by Gasteiger charge is -2.08. The fourth-order valence-electron chi connectivity index (χ4n) is 1.65. The van der Waals surface area contributed by atoms with E-state index in [1.54, 1.807) is 6.07 Å². The molecular formula is C13H9F2NO3. The molecule has 0 fully saturated rings. The van der Waals surface area contributed by atoms with Crippen LogP contribution >= 0.6 is 0 Å². The standard InChI is InChI=1S/C13H9F2NO3/c14-10-6-9(13(18)19)11(15)5-8(10)7-16-4-2-1-3-12(16)17/h1-6H,7H2,(H,18,19). The maximum atomic E-state index is 13.7. The summed E-state index contributed by atoms with van der Waals surface area (Å²) in [6.45, 7) is -0.164. The van der Waals surface area contributed by atoms with Gasteiger partial charge in [-0.2, -0.15) is 0 Å². The van der Waals surface area contributed by atoms with E-state index in [1.807, 2.05) is 0 Å². The van der Waals surface area contributed by atoms with Gasteiger partial charge in [-0.25, -0.2) is 13.6 Å². The quantitative estimate of drug-likeness (QED) is 0.921. The van der Waals surface area contributed by atoms with E-state index in [-0.39, 0.29) is 17.7 Å². The fraction of sp³-hybridized carbons (Fsp3) is 0.0769. The van der Waals surface area contributed by atoms with Gasteiger partial charge in [0, 0.05) is 17.8 Å². The van der Waals surface area contributed by atoms with E-state index in [4.69, 9.17) is 5.11 Å². The molecule has 1 aromatic carbocycles. The van der Waals surface area contributed by atoms with Crippen molar-refractivity contribution in [2.75, 3.05) is 0 Å². The smallest absolute Gasteiger partial charge is 0.338 e. The molecule has 0 radical (unpaired) electrons. The molecule has 0 aliphatic heterocycles. The summed E-state index contributed by atoms with van der Waals surface area (Å²) in [7, 11) is 0. The summed E-state index contributed by atoms with van der Waals surface area (Å²) in [6, 6.07) is 5.81. The van der Waals surface area contributed by atoms with Crippen molar-refractivity contribution in [3.63, 3.8) is 0 Å². The first-order valence-corrected chi connectivity index (χ1v) is 5.35. The highest BCUT2D eigenvalue weighted by molar-refractivity contribution is 5.88. The summed E-state index contributed by atoms with van der Waals surface area (Å²) in [5.41, 5.74) is -1.18. The fourth-order valence-corrected chi connectivity index (χ4v) is 1.65. The molecule has 0 bridgehead atoms. The van der Waals surface area contributed by atoms with Gasteiger partial charge in [0.15, 0.2) is 0 Å². The van der Waals surface area contributed by atoms with Crippen molar-refractivity contribution < 1.29 is 18.7 Å². The third kappa shape index (κ3) is 2.67. The number of carboxylic acid groups (broad SMARTS) is 1. The molecule has 0 atom stereocenters. The van der Waals surface area contributed by atoms with Gasteiger partial charge in [-0.1, -0.05) is 6.07 Å². The normalized spacial score (nSPS) is 10.4. The van der Waals surface area contributed by atoms with Crippen molar-refractivity contribution in [3.05, 3.63) is 69.6 Å². The first kappa shape index (κ1) is 12.9. The maximum absolute atomic E-state index is 13.7. The molecule has 0 aliphatic rings. The second kappa shape index (κ2) is 5.01. The summed E-state index contributed by atoms with van der Waals surface area (Å²) in [5.74, 6) is -3.44. The second-order valence-corrected chi connectivity index (χ2v) is 3.90. The molecule has 0 unspecified atom stereocenters. The van der Waals surface area contributed by atoms with Gasteiger partial charge >= 0.3 is 5.97 Å². The van der Waals surface area contributed by atoms with Gasteiger partial charge in [0.25, 0.3) is 5.56 Å². The van der Waals surface area contributed by atoms with Crippen LogP contribution in [0.3, 0.4) is 0 Å². The van der Waals surface area contributed by atoms with E-state index in [2.05, 4.69) is 0 Å². The van der Waals surface area contributed by atoms with Gasteiger partial charge in [-0.05, 0) is 18.2 Å². The summed E-state index contributed by atoms with van der Waals surface area (Å²) >= 11 is 0. The van der Waals surface area contributed by atoms with Crippen LogP contribution in [0.4, 0.5) is 8.78 Å². The highest BCUT2D eigenvalue weighted by Crippen LogP contribution is 2.15. The number of carboxylic acids is 1. The Kier molecular flexibility index (Phi) is 3.41. The average molecular weight is 265 g/mol. The summed E-state index contributed by atoms with van der Waals surface area (Å²) < 4.78 is 28.3. The number of hydrogen-bond donors (Lipinski definition) is 1.